The first kappa shape index (κ1) is 15.9. The Morgan fingerprint density at radius 3 is 2.00 bits per heavy atom. The molecule has 1 rings (SSSR count). The van der Waals surface area contributed by atoms with Gasteiger partial charge < -0.3 is 4.18 Å². The van der Waals surface area contributed by atoms with Crippen molar-refractivity contribution in [1.82, 2.24) is 0 Å². The molecule has 108 valence electrons. The van der Waals surface area contributed by atoms with Crippen LogP contribution >= 0.6 is 11.6 Å². The molecular weight excluding hydrogens is 326 g/mol. The van der Waals surface area contributed by atoms with Gasteiger partial charge in [0.1, 0.15) is 0 Å². The van der Waals surface area contributed by atoms with E-state index in [2.05, 4.69) is 4.18 Å². The van der Waals surface area contributed by atoms with E-state index in [1.807, 2.05) is 0 Å². The minimum Gasteiger partial charge on any atom is -0.374 e. The fourth-order valence-electron chi connectivity index (χ4n) is 0.909. The van der Waals surface area contributed by atoms with Gasteiger partial charge >= 0.3 is 21.8 Å². The van der Waals surface area contributed by atoms with Gasteiger partial charge in [0.05, 0.1) is 10.6 Å². The van der Waals surface area contributed by atoms with E-state index >= 15 is 0 Å². The lowest BCUT2D eigenvalue weighted by atomic mass is 10.2. The van der Waals surface area contributed by atoms with Crippen molar-refractivity contribution in [2.75, 3.05) is 0 Å². The second kappa shape index (κ2) is 4.75. The Balaban J connectivity index is 3.23. The van der Waals surface area contributed by atoms with Crippen molar-refractivity contribution >= 4 is 21.7 Å². The van der Waals surface area contributed by atoms with Crippen LogP contribution in [0.5, 0.6) is 5.75 Å². The van der Waals surface area contributed by atoms with E-state index < -0.39 is 38.1 Å². The average molecular weight is 329 g/mol. The lowest BCUT2D eigenvalue weighted by Gasteiger charge is -2.12. The van der Waals surface area contributed by atoms with Gasteiger partial charge in [-0.1, -0.05) is 11.6 Å². The minimum atomic E-state index is -6.09. The Labute approximate surface area is 107 Å². The summed E-state index contributed by atoms with van der Waals surface area (Å²) in [5, 5.41) is -0.708. The van der Waals surface area contributed by atoms with E-state index in [4.69, 9.17) is 11.6 Å². The van der Waals surface area contributed by atoms with E-state index in [0.29, 0.717) is 12.1 Å². The van der Waals surface area contributed by atoms with Crippen LogP contribution < -0.4 is 4.18 Å². The van der Waals surface area contributed by atoms with Crippen LogP contribution in [0, 0.1) is 0 Å². The molecule has 0 spiro atoms. The van der Waals surface area contributed by atoms with Crippen molar-refractivity contribution in [1.29, 1.82) is 0 Å². The number of rotatable bonds is 2. The van der Waals surface area contributed by atoms with Crippen LogP contribution in [0.4, 0.5) is 26.3 Å². The van der Waals surface area contributed by atoms with Crippen LogP contribution in [-0.4, -0.2) is 13.9 Å². The molecule has 3 nitrogen and oxygen atoms in total. The molecule has 0 amide bonds. The van der Waals surface area contributed by atoms with Gasteiger partial charge in [-0.15, -0.1) is 0 Å². The van der Waals surface area contributed by atoms with Gasteiger partial charge in [0.25, 0.3) is 0 Å². The Morgan fingerprint density at radius 1 is 1.05 bits per heavy atom. The van der Waals surface area contributed by atoms with Crippen LogP contribution in [0.3, 0.4) is 0 Å². The van der Waals surface area contributed by atoms with Crippen molar-refractivity contribution in [3.63, 3.8) is 0 Å². The largest absolute Gasteiger partial charge is 0.534 e. The molecule has 0 N–H and O–H groups in total. The number of alkyl halides is 6. The summed E-state index contributed by atoms with van der Waals surface area (Å²) >= 11 is 5.28. The van der Waals surface area contributed by atoms with Crippen molar-refractivity contribution < 1.29 is 38.9 Å². The molecule has 0 saturated carbocycles. The topological polar surface area (TPSA) is 43.4 Å². The highest BCUT2D eigenvalue weighted by Gasteiger charge is 2.49. The van der Waals surface area contributed by atoms with Crippen molar-refractivity contribution in [2.24, 2.45) is 0 Å². The van der Waals surface area contributed by atoms with Crippen LogP contribution in [0.25, 0.3) is 0 Å². The summed E-state index contributed by atoms with van der Waals surface area (Å²) in [6.45, 7) is 0. The molecule has 0 radical (unpaired) electrons. The fourth-order valence-corrected chi connectivity index (χ4v) is 1.58. The molecule has 0 heterocycles. The number of benzene rings is 1. The summed E-state index contributed by atoms with van der Waals surface area (Å²) in [5.41, 5.74) is -7.17. The molecular formula is C8H3ClF6O3S. The van der Waals surface area contributed by atoms with Gasteiger partial charge in [-0.25, -0.2) is 0 Å². The zero-order valence-corrected chi connectivity index (χ0v) is 10.1. The molecule has 11 heteroatoms. The number of hydrogen-bond acceptors (Lipinski definition) is 3. The maximum absolute atomic E-state index is 12.3. The number of halogens is 7. The van der Waals surface area contributed by atoms with Crippen LogP contribution in [0.15, 0.2) is 18.2 Å². The molecule has 0 aromatic heterocycles. The first-order chi connectivity index (χ1) is 8.34. The molecule has 0 unspecified atom stereocenters. The van der Waals surface area contributed by atoms with E-state index in [9.17, 15) is 34.8 Å². The predicted molar refractivity (Wildman–Crippen MR) is 52.1 cm³/mol. The molecule has 0 atom stereocenters. The molecule has 0 saturated heterocycles. The Kier molecular flexibility index (Phi) is 3.97. The van der Waals surface area contributed by atoms with Gasteiger partial charge in [-0.3, -0.25) is 0 Å². The van der Waals surface area contributed by atoms with E-state index in [1.54, 1.807) is 0 Å². The van der Waals surface area contributed by atoms with Gasteiger partial charge in [0.15, 0.2) is 5.75 Å². The molecule has 1 aromatic carbocycles. The summed E-state index contributed by atoms with van der Waals surface area (Å²) in [5.74, 6) is -1.26. The molecule has 0 bridgehead atoms. The maximum atomic E-state index is 12.3. The smallest absolute Gasteiger partial charge is 0.374 e. The monoisotopic (exact) mass is 328 g/mol. The molecule has 1 aromatic rings. The molecule has 0 aliphatic carbocycles. The molecule has 0 fully saturated rings. The highest BCUT2D eigenvalue weighted by atomic mass is 35.5. The van der Waals surface area contributed by atoms with Crippen molar-refractivity contribution in [2.45, 2.75) is 11.7 Å². The van der Waals surface area contributed by atoms with Crippen LogP contribution in [-0.2, 0) is 16.3 Å². The predicted octanol–water partition coefficient (Wildman–Crippen LogP) is 3.59. The summed E-state index contributed by atoms with van der Waals surface area (Å²) in [4.78, 5) is 0. The number of hydrogen-bond donors (Lipinski definition) is 0. The van der Waals surface area contributed by atoms with Crippen molar-refractivity contribution in [3.05, 3.63) is 28.8 Å². The van der Waals surface area contributed by atoms with Crippen molar-refractivity contribution in [3.8, 4) is 5.75 Å². The highest BCUT2D eigenvalue weighted by molar-refractivity contribution is 7.88. The van der Waals surface area contributed by atoms with E-state index in [0.717, 1.165) is 0 Å². The summed E-state index contributed by atoms with van der Waals surface area (Å²) in [7, 11) is -6.09. The van der Waals surface area contributed by atoms with E-state index in [1.165, 1.54) is 0 Å². The Hall–Kier alpha value is -1.16. The maximum Gasteiger partial charge on any atom is 0.534 e. The van der Waals surface area contributed by atoms with Gasteiger partial charge in [0.2, 0.25) is 0 Å². The van der Waals surface area contributed by atoms with Gasteiger partial charge in [-0.05, 0) is 18.2 Å². The molecule has 0 aliphatic heterocycles. The molecule has 19 heavy (non-hydrogen) atoms. The summed E-state index contributed by atoms with van der Waals surface area (Å²) < 4.78 is 97.8. The average Bonchev–Trinajstić information content (AvgIpc) is 2.17. The Morgan fingerprint density at radius 2 is 1.58 bits per heavy atom. The van der Waals surface area contributed by atoms with Gasteiger partial charge in [-0.2, -0.15) is 34.8 Å². The SMILES string of the molecule is O=S(=O)(Oc1cc(C(F)(F)F)ccc1Cl)C(F)(F)F. The first-order valence-corrected chi connectivity index (χ1v) is 6.01. The summed E-state index contributed by atoms with van der Waals surface area (Å²) in [6, 6.07) is 1.10. The third-order valence-corrected chi connectivity index (χ3v) is 3.02. The standard InChI is InChI=1S/C8H3ClF6O3S/c9-5-2-1-4(7(10,11)12)3-6(5)18-19(16,17)8(13,14)15/h1-3H. The normalized spacial score (nSPS) is 13.4. The summed E-state index contributed by atoms with van der Waals surface area (Å²) in [6.07, 6.45) is -4.88. The lowest BCUT2D eigenvalue weighted by molar-refractivity contribution is -0.137. The third kappa shape index (κ3) is 3.66. The van der Waals surface area contributed by atoms with E-state index in [-0.39, 0.29) is 6.07 Å². The first-order valence-electron chi connectivity index (χ1n) is 4.22. The second-order valence-corrected chi connectivity index (χ2v) is 5.07. The zero-order chi connectivity index (χ0) is 15.1. The van der Waals surface area contributed by atoms with Gasteiger partial charge in [0, 0.05) is 0 Å². The van der Waals surface area contributed by atoms with Crippen LogP contribution in [0.1, 0.15) is 5.56 Å². The quantitative estimate of drug-likeness (QED) is 0.473. The Bertz CT molecular complexity index is 577. The lowest BCUT2D eigenvalue weighted by Crippen LogP contribution is -2.28. The fraction of sp³-hybridized carbons (Fsp3) is 0.250. The minimum absolute atomic E-state index is 0.0611. The molecule has 0 aliphatic rings. The third-order valence-electron chi connectivity index (χ3n) is 1.74. The highest BCUT2D eigenvalue weighted by Crippen LogP contribution is 2.37. The van der Waals surface area contributed by atoms with Crippen LogP contribution in [0.2, 0.25) is 5.02 Å². The zero-order valence-electron chi connectivity index (χ0n) is 8.51. The second-order valence-electron chi connectivity index (χ2n) is 3.13.